The monoisotopic (exact) mass is 248 g/mol. The quantitative estimate of drug-likeness (QED) is 0.887. The second-order valence-electron chi connectivity index (χ2n) is 5.04. The summed E-state index contributed by atoms with van der Waals surface area (Å²) in [6.07, 6.45) is 1.28. The van der Waals surface area contributed by atoms with Crippen LogP contribution in [0.2, 0.25) is 0 Å². The van der Waals surface area contributed by atoms with E-state index in [2.05, 4.69) is 43.0 Å². The summed E-state index contributed by atoms with van der Waals surface area (Å²) in [7, 11) is 0. The molecule has 2 unspecified atom stereocenters. The van der Waals surface area contributed by atoms with Gasteiger partial charge in [0.1, 0.15) is 0 Å². The molecule has 2 atom stereocenters. The zero-order chi connectivity index (χ0) is 13.0. The Morgan fingerprint density at radius 2 is 2.28 bits per heavy atom. The van der Waals surface area contributed by atoms with Crippen molar-refractivity contribution in [1.82, 2.24) is 4.90 Å². The molecule has 0 radical (unpaired) electrons. The molecule has 1 aromatic carbocycles. The first-order valence-corrected chi connectivity index (χ1v) is 6.88. The molecular formula is C15H24N2O. The van der Waals surface area contributed by atoms with E-state index in [-0.39, 0.29) is 6.10 Å². The highest BCUT2D eigenvalue weighted by molar-refractivity contribution is 5.26. The Morgan fingerprint density at radius 1 is 1.44 bits per heavy atom. The molecule has 2 N–H and O–H groups in total. The third-order valence-electron chi connectivity index (χ3n) is 3.58. The summed E-state index contributed by atoms with van der Waals surface area (Å²) in [5.74, 6) is 0. The van der Waals surface area contributed by atoms with E-state index < -0.39 is 0 Å². The number of aryl methyl sites for hydroxylation is 1. The number of nitrogens with zero attached hydrogens (tertiary/aromatic N) is 1. The molecule has 0 amide bonds. The molecule has 1 aliphatic rings. The molecule has 3 heteroatoms. The predicted octanol–water partition coefficient (Wildman–Crippen LogP) is 2.11. The molecule has 1 saturated heterocycles. The maximum atomic E-state index is 5.88. The van der Waals surface area contributed by atoms with Crippen molar-refractivity contribution in [1.29, 1.82) is 0 Å². The van der Waals surface area contributed by atoms with Crippen molar-refractivity contribution in [3.63, 3.8) is 0 Å². The van der Waals surface area contributed by atoms with Gasteiger partial charge in [-0.1, -0.05) is 36.8 Å². The highest BCUT2D eigenvalue weighted by Gasteiger charge is 2.32. The first kappa shape index (κ1) is 13.5. The summed E-state index contributed by atoms with van der Waals surface area (Å²) in [6, 6.07) is 9.01. The largest absolute Gasteiger partial charge is 0.374 e. The molecule has 0 aliphatic carbocycles. The number of hydrogen-bond acceptors (Lipinski definition) is 3. The number of morpholine rings is 1. The van der Waals surface area contributed by atoms with Crippen LogP contribution in [0.25, 0.3) is 0 Å². The average molecular weight is 248 g/mol. The van der Waals surface area contributed by atoms with Gasteiger partial charge in [-0.3, -0.25) is 4.90 Å². The fourth-order valence-electron chi connectivity index (χ4n) is 2.80. The molecule has 0 aromatic heterocycles. The molecule has 0 saturated carbocycles. The maximum absolute atomic E-state index is 5.88. The van der Waals surface area contributed by atoms with E-state index in [4.69, 9.17) is 10.5 Å². The van der Waals surface area contributed by atoms with Crippen LogP contribution in [0, 0.1) is 6.92 Å². The number of nitrogens with two attached hydrogens (primary N) is 1. The normalized spacial score (nSPS) is 25.3. The fraction of sp³-hybridized carbons (Fsp3) is 0.600. The minimum atomic E-state index is 0.118. The molecule has 100 valence electrons. The molecule has 1 aliphatic heterocycles. The standard InChI is InChI=1S/C15H24N2O/c1-3-7-17-8-9-18-14(11-16)15(17)13-6-4-5-12(2)10-13/h4-6,10,14-15H,3,7-9,11,16H2,1-2H3. The van der Waals surface area contributed by atoms with Crippen molar-refractivity contribution in [2.45, 2.75) is 32.4 Å². The van der Waals surface area contributed by atoms with Crippen molar-refractivity contribution >= 4 is 0 Å². The van der Waals surface area contributed by atoms with Gasteiger partial charge in [-0.05, 0) is 25.5 Å². The van der Waals surface area contributed by atoms with Crippen LogP contribution < -0.4 is 5.73 Å². The number of benzene rings is 1. The lowest BCUT2D eigenvalue weighted by Crippen LogP contribution is -2.48. The second-order valence-corrected chi connectivity index (χ2v) is 5.04. The van der Waals surface area contributed by atoms with E-state index in [0.717, 1.165) is 19.7 Å². The summed E-state index contributed by atoms with van der Waals surface area (Å²) < 4.78 is 5.84. The van der Waals surface area contributed by atoms with Crippen LogP contribution in [0.3, 0.4) is 0 Å². The molecule has 0 bridgehead atoms. The zero-order valence-electron chi connectivity index (χ0n) is 11.4. The van der Waals surface area contributed by atoms with Crippen LogP contribution in [0.1, 0.15) is 30.5 Å². The number of ether oxygens (including phenoxy) is 1. The molecule has 18 heavy (non-hydrogen) atoms. The van der Waals surface area contributed by atoms with Gasteiger partial charge in [0.15, 0.2) is 0 Å². The van der Waals surface area contributed by atoms with Crippen molar-refractivity contribution < 1.29 is 4.74 Å². The topological polar surface area (TPSA) is 38.5 Å². The zero-order valence-corrected chi connectivity index (χ0v) is 11.4. The SMILES string of the molecule is CCCN1CCOC(CN)C1c1cccc(C)c1. The Hall–Kier alpha value is -0.900. The van der Waals surface area contributed by atoms with Crippen LogP contribution in [0.4, 0.5) is 0 Å². The number of hydrogen-bond donors (Lipinski definition) is 1. The number of rotatable bonds is 4. The van der Waals surface area contributed by atoms with Gasteiger partial charge in [0.2, 0.25) is 0 Å². The van der Waals surface area contributed by atoms with Crippen molar-refractivity contribution in [3.8, 4) is 0 Å². The van der Waals surface area contributed by atoms with Gasteiger partial charge >= 0.3 is 0 Å². The van der Waals surface area contributed by atoms with E-state index in [1.807, 2.05) is 0 Å². The lowest BCUT2D eigenvalue weighted by molar-refractivity contribution is -0.0676. The summed E-state index contributed by atoms with van der Waals surface area (Å²) in [4.78, 5) is 2.51. The molecule has 1 heterocycles. The van der Waals surface area contributed by atoms with Crippen molar-refractivity contribution in [2.75, 3.05) is 26.2 Å². The van der Waals surface area contributed by atoms with Gasteiger partial charge in [0.25, 0.3) is 0 Å². The van der Waals surface area contributed by atoms with E-state index in [9.17, 15) is 0 Å². The van der Waals surface area contributed by atoms with Gasteiger partial charge in [-0.2, -0.15) is 0 Å². The van der Waals surface area contributed by atoms with E-state index in [1.165, 1.54) is 17.5 Å². The van der Waals surface area contributed by atoms with E-state index >= 15 is 0 Å². The van der Waals surface area contributed by atoms with E-state index in [0.29, 0.717) is 12.6 Å². The van der Waals surface area contributed by atoms with E-state index in [1.54, 1.807) is 0 Å². The van der Waals surface area contributed by atoms with Gasteiger partial charge in [-0.25, -0.2) is 0 Å². The highest BCUT2D eigenvalue weighted by atomic mass is 16.5. The molecule has 3 nitrogen and oxygen atoms in total. The summed E-state index contributed by atoms with van der Waals surface area (Å²) >= 11 is 0. The Kier molecular flexibility index (Phi) is 4.75. The predicted molar refractivity (Wildman–Crippen MR) is 74.6 cm³/mol. The highest BCUT2D eigenvalue weighted by Crippen LogP contribution is 2.29. The Labute approximate surface area is 110 Å². The minimum Gasteiger partial charge on any atom is -0.374 e. The van der Waals surface area contributed by atoms with Crippen LogP contribution in [0.5, 0.6) is 0 Å². The van der Waals surface area contributed by atoms with Gasteiger partial charge in [0.05, 0.1) is 18.8 Å². The third-order valence-corrected chi connectivity index (χ3v) is 3.58. The second kappa shape index (κ2) is 6.32. The maximum Gasteiger partial charge on any atom is 0.0894 e. The van der Waals surface area contributed by atoms with Crippen molar-refractivity contribution in [3.05, 3.63) is 35.4 Å². The van der Waals surface area contributed by atoms with Gasteiger partial charge in [-0.15, -0.1) is 0 Å². The van der Waals surface area contributed by atoms with Gasteiger partial charge in [0, 0.05) is 13.1 Å². The van der Waals surface area contributed by atoms with Crippen LogP contribution in [-0.2, 0) is 4.74 Å². The Balaban J connectivity index is 2.27. The third kappa shape index (κ3) is 2.91. The lowest BCUT2D eigenvalue weighted by atomic mass is 9.96. The van der Waals surface area contributed by atoms with Crippen LogP contribution in [0.15, 0.2) is 24.3 Å². The summed E-state index contributed by atoms with van der Waals surface area (Å²) in [5.41, 5.74) is 8.50. The Morgan fingerprint density at radius 3 is 2.94 bits per heavy atom. The summed E-state index contributed by atoms with van der Waals surface area (Å²) in [5, 5.41) is 0. The first-order chi connectivity index (χ1) is 8.76. The van der Waals surface area contributed by atoms with Crippen LogP contribution >= 0.6 is 0 Å². The van der Waals surface area contributed by atoms with Crippen molar-refractivity contribution in [2.24, 2.45) is 5.73 Å². The summed E-state index contributed by atoms with van der Waals surface area (Å²) in [6.45, 7) is 7.85. The molecule has 1 fully saturated rings. The fourth-order valence-corrected chi connectivity index (χ4v) is 2.80. The van der Waals surface area contributed by atoms with Gasteiger partial charge < -0.3 is 10.5 Å². The molecular weight excluding hydrogens is 224 g/mol. The average Bonchev–Trinajstić information content (AvgIpc) is 2.38. The first-order valence-electron chi connectivity index (χ1n) is 6.88. The lowest BCUT2D eigenvalue weighted by Gasteiger charge is -2.41. The molecule has 0 spiro atoms. The molecule has 1 aromatic rings. The van der Waals surface area contributed by atoms with Crippen LogP contribution in [-0.4, -0.2) is 37.2 Å². The Bertz CT molecular complexity index is 379. The minimum absolute atomic E-state index is 0.118. The molecule has 2 rings (SSSR count). The smallest absolute Gasteiger partial charge is 0.0894 e.